The minimum Gasteiger partial charge on any atom is -0.496 e. The van der Waals surface area contributed by atoms with E-state index in [0.717, 1.165) is 16.6 Å². The summed E-state index contributed by atoms with van der Waals surface area (Å²) in [6, 6.07) is 11.6. The first-order valence-electron chi connectivity index (χ1n) is 7.98. The van der Waals surface area contributed by atoms with Crippen molar-refractivity contribution in [1.29, 1.82) is 5.26 Å². The molecule has 0 spiro atoms. The molecule has 0 atom stereocenters. The summed E-state index contributed by atoms with van der Waals surface area (Å²) in [4.78, 5) is 7.71. The van der Waals surface area contributed by atoms with E-state index < -0.39 is 0 Å². The Morgan fingerprint density at radius 3 is 2.35 bits per heavy atom. The SMILES string of the molecule is COc1cc(OC)c(C=C(C#N)c2nc3ccc(C)cc3[nH]2)c(OC)c1. The third-order valence-corrected chi connectivity index (χ3v) is 4.05. The Bertz CT molecular complexity index is 1000. The molecule has 0 saturated heterocycles. The van der Waals surface area contributed by atoms with Crippen molar-refractivity contribution < 1.29 is 14.2 Å². The van der Waals surface area contributed by atoms with Crippen LogP contribution in [0.1, 0.15) is 17.0 Å². The zero-order valence-electron chi connectivity index (χ0n) is 15.1. The molecular weight excluding hydrogens is 330 g/mol. The Hall–Kier alpha value is -3.46. The van der Waals surface area contributed by atoms with Crippen LogP contribution in [0.5, 0.6) is 17.2 Å². The number of ether oxygens (including phenoxy) is 3. The maximum absolute atomic E-state index is 9.66. The average molecular weight is 349 g/mol. The van der Waals surface area contributed by atoms with Gasteiger partial charge in [-0.3, -0.25) is 0 Å². The molecule has 0 amide bonds. The molecule has 132 valence electrons. The molecule has 3 aromatic rings. The van der Waals surface area contributed by atoms with Crippen LogP contribution in [-0.4, -0.2) is 31.3 Å². The van der Waals surface area contributed by atoms with E-state index in [-0.39, 0.29) is 0 Å². The zero-order chi connectivity index (χ0) is 18.7. The Morgan fingerprint density at radius 1 is 1.08 bits per heavy atom. The van der Waals surface area contributed by atoms with Crippen molar-refractivity contribution in [2.24, 2.45) is 0 Å². The van der Waals surface area contributed by atoms with Gasteiger partial charge in [-0.05, 0) is 30.7 Å². The molecule has 0 bridgehead atoms. The fourth-order valence-corrected chi connectivity index (χ4v) is 2.72. The number of aromatic nitrogens is 2. The molecule has 0 unspecified atom stereocenters. The van der Waals surface area contributed by atoms with Crippen LogP contribution in [0.25, 0.3) is 22.7 Å². The van der Waals surface area contributed by atoms with E-state index in [1.807, 2.05) is 25.1 Å². The van der Waals surface area contributed by atoms with Crippen molar-refractivity contribution in [1.82, 2.24) is 9.97 Å². The van der Waals surface area contributed by atoms with Crippen LogP contribution >= 0.6 is 0 Å². The highest BCUT2D eigenvalue weighted by Crippen LogP contribution is 2.36. The topological polar surface area (TPSA) is 80.2 Å². The standard InChI is InChI=1S/C20H19N3O3/c1-12-5-6-16-17(7-12)23-20(22-16)13(11-21)8-15-18(25-3)9-14(24-2)10-19(15)26-4/h5-10H,1-4H3,(H,22,23). The van der Waals surface area contributed by atoms with Gasteiger partial charge < -0.3 is 19.2 Å². The Labute approximate surface area is 151 Å². The van der Waals surface area contributed by atoms with Gasteiger partial charge in [0.05, 0.1) is 43.5 Å². The smallest absolute Gasteiger partial charge is 0.149 e. The van der Waals surface area contributed by atoms with Gasteiger partial charge in [0.1, 0.15) is 29.1 Å². The number of fused-ring (bicyclic) bond motifs is 1. The number of nitriles is 1. The lowest BCUT2D eigenvalue weighted by molar-refractivity contribution is 0.374. The van der Waals surface area contributed by atoms with E-state index in [0.29, 0.717) is 34.2 Å². The van der Waals surface area contributed by atoms with E-state index in [9.17, 15) is 5.26 Å². The van der Waals surface area contributed by atoms with E-state index in [4.69, 9.17) is 14.2 Å². The van der Waals surface area contributed by atoms with Crippen molar-refractivity contribution in [3.05, 3.63) is 47.3 Å². The molecule has 0 aliphatic carbocycles. The molecule has 3 rings (SSSR count). The van der Waals surface area contributed by atoms with Crippen LogP contribution in [0.15, 0.2) is 30.3 Å². The van der Waals surface area contributed by atoms with Crippen LogP contribution in [0.4, 0.5) is 0 Å². The van der Waals surface area contributed by atoms with Gasteiger partial charge in [0.15, 0.2) is 0 Å². The molecule has 0 radical (unpaired) electrons. The molecule has 0 aliphatic rings. The normalized spacial score (nSPS) is 11.3. The van der Waals surface area contributed by atoms with Crippen molar-refractivity contribution in [2.45, 2.75) is 6.92 Å². The first-order valence-corrected chi connectivity index (χ1v) is 7.98. The molecule has 0 saturated carbocycles. The molecule has 26 heavy (non-hydrogen) atoms. The fourth-order valence-electron chi connectivity index (χ4n) is 2.72. The van der Waals surface area contributed by atoms with Gasteiger partial charge in [0, 0.05) is 12.1 Å². The zero-order valence-corrected chi connectivity index (χ0v) is 15.1. The maximum Gasteiger partial charge on any atom is 0.149 e. The third-order valence-electron chi connectivity index (χ3n) is 4.05. The van der Waals surface area contributed by atoms with Crippen LogP contribution in [0.3, 0.4) is 0 Å². The van der Waals surface area contributed by atoms with Crippen LogP contribution in [0, 0.1) is 18.3 Å². The number of nitrogens with one attached hydrogen (secondary N) is 1. The number of rotatable bonds is 5. The highest BCUT2D eigenvalue weighted by molar-refractivity contribution is 5.92. The van der Waals surface area contributed by atoms with Gasteiger partial charge in [0.25, 0.3) is 0 Å². The number of imidazole rings is 1. The second-order valence-corrected chi connectivity index (χ2v) is 5.72. The molecule has 6 nitrogen and oxygen atoms in total. The van der Waals surface area contributed by atoms with Gasteiger partial charge in [-0.2, -0.15) is 5.26 Å². The van der Waals surface area contributed by atoms with Crippen LogP contribution in [0.2, 0.25) is 0 Å². The summed E-state index contributed by atoms with van der Waals surface area (Å²) in [6.45, 7) is 2.01. The lowest BCUT2D eigenvalue weighted by atomic mass is 10.1. The molecule has 6 heteroatoms. The molecule has 0 fully saturated rings. The van der Waals surface area contributed by atoms with Crippen molar-refractivity contribution in [3.8, 4) is 23.3 Å². The first kappa shape index (κ1) is 17.4. The average Bonchev–Trinajstić information content (AvgIpc) is 3.08. The van der Waals surface area contributed by atoms with Crippen molar-refractivity contribution in [3.63, 3.8) is 0 Å². The van der Waals surface area contributed by atoms with Crippen molar-refractivity contribution in [2.75, 3.05) is 21.3 Å². The Kier molecular flexibility index (Phi) is 4.81. The number of hydrogen-bond acceptors (Lipinski definition) is 5. The summed E-state index contributed by atoms with van der Waals surface area (Å²) in [7, 11) is 4.68. The van der Waals surface area contributed by atoms with E-state index >= 15 is 0 Å². The molecule has 1 aromatic heterocycles. The lowest BCUT2D eigenvalue weighted by Crippen LogP contribution is -1.96. The van der Waals surface area contributed by atoms with Gasteiger partial charge >= 0.3 is 0 Å². The maximum atomic E-state index is 9.66. The number of aromatic amines is 1. The van der Waals surface area contributed by atoms with E-state index in [1.54, 1.807) is 39.5 Å². The third kappa shape index (κ3) is 3.20. The van der Waals surface area contributed by atoms with Crippen LogP contribution in [-0.2, 0) is 0 Å². The number of methoxy groups -OCH3 is 3. The number of allylic oxidation sites excluding steroid dienone is 1. The predicted octanol–water partition coefficient (Wildman–Crippen LogP) is 3.96. The van der Waals surface area contributed by atoms with Gasteiger partial charge in [-0.1, -0.05) is 6.07 Å². The monoisotopic (exact) mass is 349 g/mol. The predicted molar refractivity (Wildman–Crippen MR) is 100 cm³/mol. The van der Waals surface area contributed by atoms with Crippen molar-refractivity contribution >= 4 is 22.7 Å². The molecule has 1 N–H and O–H groups in total. The Balaban J connectivity index is 2.15. The molecule has 2 aromatic carbocycles. The minimum atomic E-state index is 0.376. The fraction of sp³-hybridized carbons (Fsp3) is 0.200. The van der Waals surface area contributed by atoms with Gasteiger partial charge in [-0.15, -0.1) is 0 Å². The quantitative estimate of drug-likeness (QED) is 0.705. The molecule has 0 aliphatic heterocycles. The highest BCUT2D eigenvalue weighted by atomic mass is 16.5. The molecular formula is C20H19N3O3. The number of hydrogen-bond donors (Lipinski definition) is 1. The van der Waals surface area contributed by atoms with Gasteiger partial charge in [0.2, 0.25) is 0 Å². The minimum absolute atomic E-state index is 0.376. The van der Waals surface area contributed by atoms with E-state index in [2.05, 4.69) is 16.0 Å². The summed E-state index contributed by atoms with van der Waals surface area (Å²) >= 11 is 0. The summed E-state index contributed by atoms with van der Waals surface area (Å²) in [6.07, 6.45) is 1.70. The second kappa shape index (κ2) is 7.19. The number of aryl methyl sites for hydroxylation is 1. The highest BCUT2D eigenvalue weighted by Gasteiger charge is 2.15. The van der Waals surface area contributed by atoms with Crippen LogP contribution < -0.4 is 14.2 Å². The van der Waals surface area contributed by atoms with Gasteiger partial charge in [-0.25, -0.2) is 4.98 Å². The summed E-state index contributed by atoms with van der Waals surface area (Å²) in [5.74, 6) is 2.18. The van der Waals surface area contributed by atoms with E-state index in [1.165, 1.54) is 0 Å². The summed E-state index contributed by atoms with van der Waals surface area (Å²) in [5.41, 5.74) is 3.83. The lowest BCUT2D eigenvalue weighted by Gasteiger charge is -2.12. The summed E-state index contributed by atoms with van der Waals surface area (Å²) < 4.78 is 16.1. The number of benzene rings is 2. The number of H-pyrrole nitrogens is 1. The Morgan fingerprint density at radius 2 is 1.77 bits per heavy atom. The molecule has 1 heterocycles. The number of nitrogens with zero attached hydrogens (tertiary/aromatic N) is 2. The summed E-state index contributed by atoms with van der Waals surface area (Å²) in [5, 5.41) is 9.66. The first-order chi connectivity index (χ1) is 12.6. The second-order valence-electron chi connectivity index (χ2n) is 5.72. The largest absolute Gasteiger partial charge is 0.496 e.